The first-order valence-electron chi connectivity index (χ1n) is 9.62. The number of carbonyl (C=O) groups is 3. The molecular formula is C21H24BrN3O6S. The van der Waals surface area contributed by atoms with Crippen molar-refractivity contribution in [3.05, 3.63) is 38.8 Å². The summed E-state index contributed by atoms with van der Waals surface area (Å²) in [6.45, 7) is 0.984. The van der Waals surface area contributed by atoms with Crippen LogP contribution in [0.3, 0.4) is 0 Å². The van der Waals surface area contributed by atoms with E-state index in [1.54, 1.807) is 25.3 Å². The third-order valence-corrected chi connectivity index (χ3v) is 6.35. The molecule has 0 spiro atoms. The number of allylic oxidation sites excluding steroid dienone is 1. The van der Waals surface area contributed by atoms with Crippen LogP contribution in [0.15, 0.2) is 33.3 Å². The first-order valence-corrected chi connectivity index (χ1v) is 11.4. The van der Waals surface area contributed by atoms with Crippen LogP contribution in [0, 0.1) is 17.2 Å². The Morgan fingerprint density at radius 2 is 2.06 bits per heavy atom. The standard InChI is InChI=1S/C21H24BrN3O6S/c1-29-8-4-7-24-16(26)11-32-20-13(10-23)17(18(19(27)25-20)21(28)31-3)12-5-6-15(30-2)14(22)9-12/h5-6,9,17-18H,4,7-8,11H2,1-3H3,(H,24,26)(H,25,27)/t17-,18-/m1/s1. The maximum absolute atomic E-state index is 12.8. The number of methoxy groups -OCH3 is 3. The smallest absolute Gasteiger partial charge is 0.319 e. The van der Waals surface area contributed by atoms with Gasteiger partial charge < -0.3 is 24.8 Å². The quantitative estimate of drug-likeness (QED) is 0.270. The molecule has 2 N–H and O–H groups in total. The Morgan fingerprint density at radius 3 is 2.66 bits per heavy atom. The van der Waals surface area contributed by atoms with E-state index in [0.29, 0.717) is 35.4 Å². The largest absolute Gasteiger partial charge is 0.496 e. The van der Waals surface area contributed by atoms with Gasteiger partial charge in [0.2, 0.25) is 11.8 Å². The van der Waals surface area contributed by atoms with Crippen molar-refractivity contribution in [3.63, 3.8) is 0 Å². The SMILES string of the molecule is COCCCNC(=O)CSC1=C(C#N)[C@@H](c2ccc(OC)c(Br)c2)[C@@H](C(=O)OC)C(=O)N1. The molecule has 1 aromatic rings. The third-order valence-electron chi connectivity index (χ3n) is 4.71. The number of nitrogens with zero attached hydrogens (tertiary/aromatic N) is 1. The van der Waals surface area contributed by atoms with Crippen LogP contribution < -0.4 is 15.4 Å². The molecule has 0 unspecified atom stereocenters. The topological polar surface area (TPSA) is 127 Å². The van der Waals surface area contributed by atoms with Crippen LogP contribution in [0.5, 0.6) is 5.75 Å². The summed E-state index contributed by atoms with van der Waals surface area (Å²) in [4.78, 5) is 37.4. The zero-order valence-corrected chi connectivity index (χ0v) is 20.3. The van der Waals surface area contributed by atoms with Gasteiger partial charge in [0.25, 0.3) is 0 Å². The summed E-state index contributed by atoms with van der Waals surface area (Å²) in [6, 6.07) is 7.16. The van der Waals surface area contributed by atoms with E-state index in [0.717, 1.165) is 11.8 Å². The summed E-state index contributed by atoms with van der Waals surface area (Å²) in [5, 5.41) is 15.5. The van der Waals surface area contributed by atoms with Gasteiger partial charge in [0.1, 0.15) is 11.7 Å². The van der Waals surface area contributed by atoms with Crippen molar-refractivity contribution < 1.29 is 28.6 Å². The van der Waals surface area contributed by atoms with Crippen LogP contribution in [-0.4, -0.2) is 58.0 Å². The molecule has 1 aliphatic rings. The van der Waals surface area contributed by atoms with Gasteiger partial charge in [-0.15, -0.1) is 0 Å². The van der Waals surface area contributed by atoms with Crippen molar-refractivity contribution in [2.75, 3.05) is 40.2 Å². The number of hydrogen-bond acceptors (Lipinski definition) is 8. The molecule has 0 saturated carbocycles. The number of carbonyl (C=O) groups excluding carboxylic acids is 3. The molecule has 9 nitrogen and oxygen atoms in total. The van der Waals surface area contributed by atoms with E-state index >= 15 is 0 Å². The first-order chi connectivity index (χ1) is 15.4. The molecule has 2 rings (SSSR count). The molecule has 32 heavy (non-hydrogen) atoms. The fourth-order valence-corrected chi connectivity index (χ4v) is 4.63. The third kappa shape index (κ3) is 6.25. The molecule has 0 bridgehead atoms. The number of nitriles is 1. The molecule has 11 heteroatoms. The van der Waals surface area contributed by atoms with Gasteiger partial charge in [0.15, 0.2) is 0 Å². The number of esters is 1. The predicted molar refractivity (Wildman–Crippen MR) is 122 cm³/mol. The second-order valence-corrected chi connectivity index (χ2v) is 8.54. The fourth-order valence-electron chi connectivity index (χ4n) is 3.19. The zero-order chi connectivity index (χ0) is 23.7. The highest BCUT2D eigenvalue weighted by Crippen LogP contribution is 2.41. The highest BCUT2D eigenvalue weighted by molar-refractivity contribution is 9.10. The van der Waals surface area contributed by atoms with Gasteiger partial charge in [-0.1, -0.05) is 17.8 Å². The molecule has 1 aliphatic heterocycles. The number of nitrogens with one attached hydrogen (secondary N) is 2. The molecule has 0 radical (unpaired) electrons. The maximum Gasteiger partial charge on any atom is 0.319 e. The second-order valence-electron chi connectivity index (χ2n) is 6.70. The van der Waals surface area contributed by atoms with Crippen molar-refractivity contribution in [3.8, 4) is 11.8 Å². The Kier molecular flexibility index (Phi) is 10.0. The van der Waals surface area contributed by atoms with Crippen LogP contribution in [0.25, 0.3) is 0 Å². The van der Waals surface area contributed by atoms with E-state index < -0.39 is 23.7 Å². The Morgan fingerprint density at radius 1 is 1.31 bits per heavy atom. The molecule has 2 atom stereocenters. The summed E-state index contributed by atoms with van der Waals surface area (Å²) < 4.78 is 15.6. The van der Waals surface area contributed by atoms with Gasteiger partial charge in [0.05, 0.1) is 41.1 Å². The van der Waals surface area contributed by atoms with Gasteiger partial charge in [-0.2, -0.15) is 5.26 Å². The Labute approximate surface area is 199 Å². The highest BCUT2D eigenvalue weighted by atomic mass is 79.9. The summed E-state index contributed by atoms with van der Waals surface area (Å²) in [7, 11) is 4.28. The number of thioether (sulfide) groups is 1. The molecule has 0 fully saturated rings. The van der Waals surface area contributed by atoms with Gasteiger partial charge in [0, 0.05) is 26.2 Å². The van der Waals surface area contributed by atoms with Crippen LogP contribution >= 0.6 is 27.7 Å². The number of benzene rings is 1. The zero-order valence-electron chi connectivity index (χ0n) is 17.9. The van der Waals surface area contributed by atoms with Gasteiger partial charge in [-0.25, -0.2) is 0 Å². The minimum absolute atomic E-state index is 0.00427. The predicted octanol–water partition coefficient (Wildman–Crippen LogP) is 2.08. The van der Waals surface area contributed by atoms with E-state index in [9.17, 15) is 19.6 Å². The van der Waals surface area contributed by atoms with Crippen LogP contribution in [0.4, 0.5) is 0 Å². The van der Waals surface area contributed by atoms with Crippen molar-refractivity contribution >= 4 is 45.5 Å². The molecule has 1 aromatic carbocycles. The lowest BCUT2D eigenvalue weighted by Gasteiger charge is -2.31. The van der Waals surface area contributed by atoms with Crippen molar-refractivity contribution in [2.24, 2.45) is 5.92 Å². The average Bonchev–Trinajstić information content (AvgIpc) is 2.79. The Bertz CT molecular complexity index is 946. The van der Waals surface area contributed by atoms with E-state index in [1.807, 2.05) is 0 Å². The van der Waals surface area contributed by atoms with E-state index in [2.05, 4.69) is 32.6 Å². The Hall–Kier alpha value is -2.55. The van der Waals surface area contributed by atoms with Gasteiger partial charge >= 0.3 is 5.97 Å². The average molecular weight is 526 g/mol. The monoisotopic (exact) mass is 525 g/mol. The normalized spacial score (nSPS) is 17.9. The lowest BCUT2D eigenvalue weighted by atomic mass is 9.78. The molecule has 0 aromatic heterocycles. The highest BCUT2D eigenvalue weighted by Gasteiger charge is 2.44. The summed E-state index contributed by atoms with van der Waals surface area (Å²) in [6.07, 6.45) is 0.672. The summed E-state index contributed by atoms with van der Waals surface area (Å²) in [5.41, 5.74) is 0.732. The van der Waals surface area contributed by atoms with Crippen molar-refractivity contribution in [2.45, 2.75) is 12.3 Å². The van der Waals surface area contributed by atoms with E-state index in [4.69, 9.17) is 14.2 Å². The fraction of sp³-hybridized carbons (Fsp3) is 0.429. The lowest BCUT2D eigenvalue weighted by Crippen LogP contribution is -2.44. The number of amides is 2. The van der Waals surface area contributed by atoms with Gasteiger partial charge in [-0.3, -0.25) is 14.4 Å². The minimum Gasteiger partial charge on any atom is -0.496 e. The van der Waals surface area contributed by atoms with Crippen LogP contribution in [0.2, 0.25) is 0 Å². The first kappa shape index (κ1) is 25.7. The van der Waals surface area contributed by atoms with Crippen molar-refractivity contribution in [1.82, 2.24) is 10.6 Å². The molecule has 0 aliphatic carbocycles. The molecule has 0 saturated heterocycles. The van der Waals surface area contributed by atoms with E-state index in [1.165, 1.54) is 14.2 Å². The van der Waals surface area contributed by atoms with Crippen LogP contribution in [-0.2, 0) is 23.9 Å². The number of hydrogen-bond donors (Lipinski definition) is 2. The summed E-state index contributed by atoms with van der Waals surface area (Å²) >= 11 is 4.43. The van der Waals surface area contributed by atoms with Crippen LogP contribution in [0.1, 0.15) is 17.9 Å². The maximum atomic E-state index is 12.8. The van der Waals surface area contributed by atoms with E-state index in [-0.39, 0.29) is 22.3 Å². The Balaban J connectivity index is 2.36. The molecule has 1 heterocycles. The lowest BCUT2D eigenvalue weighted by molar-refractivity contribution is -0.150. The minimum atomic E-state index is -1.25. The van der Waals surface area contributed by atoms with Crippen molar-refractivity contribution in [1.29, 1.82) is 5.26 Å². The molecular weight excluding hydrogens is 502 g/mol. The molecule has 172 valence electrons. The number of halogens is 1. The second kappa shape index (κ2) is 12.5. The molecule has 2 amide bonds. The number of rotatable bonds is 10. The number of ether oxygens (including phenoxy) is 3. The summed E-state index contributed by atoms with van der Waals surface area (Å²) in [5.74, 6) is -3.18. The van der Waals surface area contributed by atoms with Gasteiger partial charge in [-0.05, 0) is 40.0 Å².